The smallest absolute Gasteiger partial charge is 0.356 e. The molecule has 126 valence electrons. The second-order valence-corrected chi connectivity index (χ2v) is 5.36. The van der Waals surface area contributed by atoms with Gasteiger partial charge in [-0.15, -0.1) is 0 Å². The van der Waals surface area contributed by atoms with Crippen molar-refractivity contribution in [3.8, 4) is 28.6 Å². The lowest BCUT2D eigenvalue weighted by Gasteiger charge is -2.08. The number of rotatable bonds is 4. The molecule has 0 atom stereocenters. The average molecular weight is 344 g/mol. The summed E-state index contributed by atoms with van der Waals surface area (Å²) < 4.78 is 1.54. The summed E-state index contributed by atoms with van der Waals surface area (Å²) in [7, 11) is 0. The Morgan fingerprint density at radius 2 is 1.81 bits per heavy atom. The molecule has 0 saturated carbocycles. The van der Waals surface area contributed by atoms with Crippen molar-refractivity contribution in [2.24, 2.45) is 0 Å². The first-order valence-electron chi connectivity index (χ1n) is 7.69. The van der Waals surface area contributed by atoms with Crippen LogP contribution in [0.4, 0.5) is 0 Å². The molecule has 0 spiro atoms. The molecule has 4 aromatic heterocycles. The van der Waals surface area contributed by atoms with E-state index in [4.69, 9.17) is 5.11 Å². The first-order chi connectivity index (χ1) is 12.7. The normalized spacial score (nSPS) is 10.6. The van der Waals surface area contributed by atoms with E-state index < -0.39 is 5.97 Å². The number of carboxylic acid groups (broad SMARTS) is 1. The van der Waals surface area contributed by atoms with Gasteiger partial charge in [-0.05, 0) is 24.3 Å². The summed E-state index contributed by atoms with van der Waals surface area (Å²) in [6.07, 6.45) is 7.81. The van der Waals surface area contributed by atoms with Crippen molar-refractivity contribution in [1.82, 2.24) is 29.5 Å². The number of aromatic nitrogens is 6. The van der Waals surface area contributed by atoms with Gasteiger partial charge in [0.05, 0.1) is 11.4 Å². The van der Waals surface area contributed by atoms with E-state index in [0.29, 0.717) is 23.0 Å². The van der Waals surface area contributed by atoms with Crippen molar-refractivity contribution < 1.29 is 9.90 Å². The Morgan fingerprint density at radius 1 is 0.962 bits per heavy atom. The van der Waals surface area contributed by atoms with E-state index in [9.17, 15) is 4.79 Å². The van der Waals surface area contributed by atoms with Crippen LogP contribution >= 0.6 is 0 Å². The molecule has 0 radical (unpaired) electrons. The van der Waals surface area contributed by atoms with E-state index in [2.05, 4.69) is 24.9 Å². The summed E-state index contributed by atoms with van der Waals surface area (Å²) >= 11 is 0. The van der Waals surface area contributed by atoms with E-state index in [0.717, 1.165) is 5.56 Å². The maximum atomic E-state index is 11.1. The molecule has 1 N–H and O–H groups in total. The first-order valence-corrected chi connectivity index (χ1v) is 7.69. The van der Waals surface area contributed by atoms with Crippen LogP contribution in [0.25, 0.3) is 28.6 Å². The molecule has 0 aliphatic heterocycles. The molecule has 4 rings (SSSR count). The standard InChI is InChI=1S/C18H12N6O2/c25-18(26)15-10-24(11-21-15)16-9-14(13-3-1-2-6-20-13)22-17(23-16)12-4-7-19-8-5-12/h1-11H,(H,25,26). The van der Waals surface area contributed by atoms with Gasteiger partial charge in [-0.1, -0.05) is 6.07 Å². The van der Waals surface area contributed by atoms with Gasteiger partial charge in [0, 0.05) is 36.4 Å². The van der Waals surface area contributed by atoms with Gasteiger partial charge in [0.2, 0.25) is 0 Å². The minimum Gasteiger partial charge on any atom is -0.476 e. The Labute approximate surface area is 147 Å². The SMILES string of the molecule is O=C(O)c1cn(-c2cc(-c3ccccn3)nc(-c3ccncc3)n2)cn1. The first kappa shape index (κ1) is 15.6. The Balaban J connectivity index is 1.89. The van der Waals surface area contributed by atoms with Crippen LogP contribution in [0.15, 0.2) is 67.5 Å². The van der Waals surface area contributed by atoms with E-state index in [1.165, 1.54) is 12.5 Å². The number of hydrogen-bond donors (Lipinski definition) is 1. The predicted octanol–water partition coefficient (Wildman–Crippen LogP) is 2.48. The van der Waals surface area contributed by atoms with Gasteiger partial charge >= 0.3 is 5.97 Å². The molecule has 4 heterocycles. The van der Waals surface area contributed by atoms with Gasteiger partial charge in [-0.3, -0.25) is 14.5 Å². The molecule has 8 heteroatoms. The second-order valence-electron chi connectivity index (χ2n) is 5.36. The molecule has 26 heavy (non-hydrogen) atoms. The number of imidazole rings is 1. The van der Waals surface area contributed by atoms with Crippen LogP contribution in [0.2, 0.25) is 0 Å². The molecule has 0 aliphatic rings. The van der Waals surface area contributed by atoms with Gasteiger partial charge in [0.25, 0.3) is 0 Å². The van der Waals surface area contributed by atoms with Crippen molar-refractivity contribution in [2.45, 2.75) is 0 Å². The highest BCUT2D eigenvalue weighted by atomic mass is 16.4. The Kier molecular flexibility index (Phi) is 3.91. The summed E-state index contributed by atoms with van der Waals surface area (Å²) in [6, 6.07) is 10.9. The zero-order chi connectivity index (χ0) is 17.9. The van der Waals surface area contributed by atoms with Crippen molar-refractivity contribution in [3.63, 3.8) is 0 Å². The topological polar surface area (TPSA) is 107 Å². The van der Waals surface area contributed by atoms with Crippen LogP contribution in [0.3, 0.4) is 0 Å². The van der Waals surface area contributed by atoms with E-state index in [1.54, 1.807) is 41.4 Å². The van der Waals surface area contributed by atoms with Crippen LogP contribution < -0.4 is 0 Å². The van der Waals surface area contributed by atoms with Crippen LogP contribution in [-0.4, -0.2) is 40.6 Å². The van der Waals surface area contributed by atoms with Crippen molar-refractivity contribution in [2.75, 3.05) is 0 Å². The fraction of sp³-hybridized carbons (Fsp3) is 0. The highest BCUT2D eigenvalue weighted by Crippen LogP contribution is 2.22. The van der Waals surface area contributed by atoms with Crippen molar-refractivity contribution in [3.05, 3.63) is 73.2 Å². The molecule has 8 nitrogen and oxygen atoms in total. The number of hydrogen-bond acceptors (Lipinski definition) is 6. The second kappa shape index (κ2) is 6.52. The monoisotopic (exact) mass is 344 g/mol. The fourth-order valence-electron chi connectivity index (χ4n) is 2.40. The van der Waals surface area contributed by atoms with Gasteiger partial charge in [-0.2, -0.15) is 0 Å². The summed E-state index contributed by atoms with van der Waals surface area (Å²) in [5, 5.41) is 9.08. The van der Waals surface area contributed by atoms with Crippen LogP contribution in [0.5, 0.6) is 0 Å². The third-order valence-electron chi connectivity index (χ3n) is 3.64. The molecular weight excluding hydrogens is 332 g/mol. The van der Waals surface area contributed by atoms with Crippen molar-refractivity contribution >= 4 is 5.97 Å². The van der Waals surface area contributed by atoms with E-state index in [1.807, 2.05) is 18.2 Å². The maximum Gasteiger partial charge on any atom is 0.356 e. The van der Waals surface area contributed by atoms with Crippen LogP contribution in [0.1, 0.15) is 10.5 Å². The van der Waals surface area contributed by atoms with Gasteiger partial charge in [0.1, 0.15) is 12.1 Å². The molecule has 0 saturated heterocycles. The zero-order valence-corrected chi connectivity index (χ0v) is 13.4. The molecule has 0 bridgehead atoms. The molecule has 0 amide bonds. The molecule has 4 aromatic rings. The molecule has 0 unspecified atom stereocenters. The fourth-order valence-corrected chi connectivity index (χ4v) is 2.40. The number of carboxylic acids is 1. The summed E-state index contributed by atoms with van der Waals surface area (Å²) in [6.45, 7) is 0. The van der Waals surface area contributed by atoms with E-state index in [-0.39, 0.29) is 5.69 Å². The third kappa shape index (κ3) is 3.03. The summed E-state index contributed by atoms with van der Waals surface area (Å²) in [5.41, 5.74) is 2.03. The van der Waals surface area contributed by atoms with Crippen LogP contribution in [0, 0.1) is 0 Å². The highest BCUT2D eigenvalue weighted by molar-refractivity contribution is 5.85. The van der Waals surface area contributed by atoms with E-state index >= 15 is 0 Å². The highest BCUT2D eigenvalue weighted by Gasteiger charge is 2.13. The number of aromatic carboxylic acids is 1. The quantitative estimate of drug-likeness (QED) is 0.606. The Morgan fingerprint density at radius 3 is 2.50 bits per heavy atom. The Bertz CT molecular complexity index is 1010. The Hall–Kier alpha value is -3.94. The third-order valence-corrected chi connectivity index (χ3v) is 3.64. The minimum absolute atomic E-state index is 0.0616. The lowest BCUT2D eigenvalue weighted by Crippen LogP contribution is -2.02. The minimum atomic E-state index is -1.10. The van der Waals surface area contributed by atoms with Gasteiger partial charge in [-0.25, -0.2) is 19.7 Å². The van der Waals surface area contributed by atoms with Gasteiger partial charge in [0.15, 0.2) is 11.5 Å². The van der Waals surface area contributed by atoms with Gasteiger partial charge < -0.3 is 5.11 Å². The lowest BCUT2D eigenvalue weighted by atomic mass is 10.2. The van der Waals surface area contributed by atoms with Crippen LogP contribution in [-0.2, 0) is 0 Å². The summed E-state index contributed by atoms with van der Waals surface area (Å²) in [5.74, 6) is -0.124. The zero-order valence-electron chi connectivity index (χ0n) is 13.4. The lowest BCUT2D eigenvalue weighted by molar-refractivity contribution is 0.0691. The molecule has 0 aliphatic carbocycles. The predicted molar refractivity (Wildman–Crippen MR) is 92.6 cm³/mol. The van der Waals surface area contributed by atoms with Crippen molar-refractivity contribution in [1.29, 1.82) is 0 Å². The average Bonchev–Trinajstić information content (AvgIpc) is 3.20. The molecular formula is C18H12N6O2. The maximum absolute atomic E-state index is 11.1. The number of nitrogens with zero attached hydrogens (tertiary/aromatic N) is 6. The number of pyridine rings is 2. The summed E-state index contributed by atoms with van der Waals surface area (Å²) in [4.78, 5) is 32.4. The largest absolute Gasteiger partial charge is 0.476 e. The number of carbonyl (C=O) groups is 1. The molecule has 0 aromatic carbocycles. The molecule has 0 fully saturated rings.